The molecule has 0 aliphatic rings. The maximum absolute atomic E-state index is 11.2. The Hall–Kier alpha value is -0.660. The van der Waals surface area contributed by atoms with E-state index >= 15 is 0 Å². The van der Waals surface area contributed by atoms with Crippen molar-refractivity contribution >= 4 is 16.0 Å². The lowest BCUT2D eigenvalue weighted by molar-refractivity contribution is 0.486. The van der Waals surface area contributed by atoms with Gasteiger partial charge in [-0.15, -0.1) is 0 Å². The summed E-state index contributed by atoms with van der Waals surface area (Å²) < 4.78 is 26.8. The van der Waals surface area contributed by atoms with Crippen molar-refractivity contribution < 1.29 is 8.42 Å². The first kappa shape index (κ1) is 12.3. The van der Waals surface area contributed by atoms with Crippen LogP contribution in [0.25, 0.3) is 0 Å². The van der Waals surface area contributed by atoms with E-state index in [4.69, 9.17) is 11.1 Å². The molecule has 0 unspecified atom stereocenters. The Kier molecular flexibility index (Phi) is 3.83. The Balaban J connectivity index is 4.19. The topological polar surface area (TPSA) is 108 Å². The first-order valence-corrected chi connectivity index (χ1v) is 5.22. The monoisotopic (exact) mass is 208 g/mol. The first-order valence-electron chi connectivity index (χ1n) is 3.74. The van der Waals surface area contributed by atoms with Crippen LogP contribution < -0.4 is 15.2 Å². The molecule has 0 heterocycles. The van der Waals surface area contributed by atoms with Crippen molar-refractivity contribution in [2.45, 2.75) is 26.3 Å². The minimum absolute atomic E-state index is 0.175. The van der Waals surface area contributed by atoms with E-state index in [-0.39, 0.29) is 12.4 Å². The average Bonchev–Trinajstić information content (AvgIpc) is 1.78. The van der Waals surface area contributed by atoms with Gasteiger partial charge >= 0.3 is 0 Å². The van der Waals surface area contributed by atoms with Gasteiger partial charge in [-0.1, -0.05) is 0 Å². The minimum Gasteiger partial charge on any atom is -0.387 e. The summed E-state index contributed by atoms with van der Waals surface area (Å²) in [5, 5.41) is 6.83. The molecule has 0 aromatic rings. The van der Waals surface area contributed by atoms with Crippen LogP contribution in [-0.4, -0.2) is 26.3 Å². The van der Waals surface area contributed by atoms with E-state index in [0.29, 0.717) is 0 Å². The Morgan fingerprint density at radius 1 is 1.46 bits per heavy atom. The predicted molar refractivity (Wildman–Crippen MR) is 51.7 cm³/mol. The number of nitrogens with one attached hydrogen (secondary N) is 3. The summed E-state index contributed by atoms with van der Waals surface area (Å²) in [6, 6.07) is 0. The van der Waals surface area contributed by atoms with Crippen LogP contribution in [-0.2, 0) is 10.2 Å². The average molecular weight is 208 g/mol. The molecule has 0 aliphatic heterocycles. The van der Waals surface area contributed by atoms with Crippen LogP contribution in [0.15, 0.2) is 0 Å². The molecule has 7 heteroatoms. The molecule has 0 aliphatic carbocycles. The summed E-state index contributed by atoms with van der Waals surface area (Å²) in [6.45, 7) is 4.99. The molecule has 0 aromatic carbocycles. The lowest BCUT2D eigenvalue weighted by Crippen LogP contribution is -2.48. The van der Waals surface area contributed by atoms with Crippen LogP contribution in [0.1, 0.15) is 20.8 Å². The second-order valence-electron chi connectivity index (χ2n) is 3.70. The molecule has 0 rings (SSSR count). The van der Waals surface area contributed by atoms with Crippen molar-refractivity contribution in [3.05, 3.63) is 0 Å². The first-order chi connectivity index (χ1) is 5.62. The van der Waals surface area contributed by atoms with E-state index < -0.39 is 15.7 Å². The molecule has 0 spiro atoms. The highest BCUT2D eigenvalue weighted by molar-refractivity contribution is 7.87. The van der Waals surface area contributed by atoms with Gasteiger partial charge in [-0.3, -0.25) is 5.41 Å². The van der Waals surface area contributed by atoms with Gasteiger partial charge in [0.15, 0.2) is 0 Å². The summed E-state index contributed by atoms with van der Waals surface area (Å²) >= 11 is 0. The molecule has 6 nitrogen and oxygen atoms in total. The zero-order valence-electron chi connectivity index (χ0n) is 8.01. The maximum Gasteiger partial charge on any atom is 0.277 e. The van der Waals surface area contributed by atoms with Crippen LogP contribution in [0.5, 0.6) is 0 Å². The van der Waals surface area contributed by atoms with Gasteiger partial charge in [0.25, 0.3) is 10.2 Å². The maximum atomic E-state index is 11.2. The summed E-state index contributed by atoms with van der Waals surface area (Å²) in [7, 11) is -3.56. The van der Waals surface area contributed by atoms with Crippen LogP contribution in [0, 0.1) is 5.41 Å². The van der Waals surface area contributed by atoms with Crippen molar-refractivity contribution in [3.8, 4) is 0 Å². The number of rotatable bonds is 4. The molecule has 13 heavy (non-hydrogen) atoms. The zero-order valence-corrected chi connectivity index (χ0v) is 8.83. The second-order valence-corrected chi connectivity index (χ2v) is 5.20. The summed E-state index contributed by atoms with van der Waals surface area (Å²) in [6.07, 6.45) is 0. The van der Waals surface area contributed by atoms with Gasteiger partial charge in [-0.2, -0.15) is 17.9 Å². The standard InChI is InChI=1S/C6H16N4O2S/c1-6(2,3)10-13(11,12)9-4-5(7)8/h9-10H,4H2,1-3H3,(H3,7,8). The lowest BCUT2D eigenvalue weighted by Gasteiger charge is -2.20. The van der Waals surface area contributed by atoms with Crippen molar-refractivity contribution in [2.24, 2.45) is 5.73 Å². The molecular weight excluding hydrogens is 192 g/mol. The largest absolute Gasteiger partial charge is 0.387 e. The molecule has 0 radical (unpaired) electrons. The molecule has 78 valence electrons. The minimum atomic E-state index is -3.56. The van der Waals surface area contributed by atoms with Gasteiger partial charge < -0.3 is 5.73 Å². The third-order valence-corrected chi connectivity index (χ3v) is 2.30. The fourth-order valence-corrected chi connectivity index (χ4v) is 1.84. The SMILES string of the molecule is CC(C)(C)NS(=O)(=O)NCC(=N)N. The fraction of sp³-hybridized carbons (Fsp3) is 0.833. The Morgan fingerprint density at radius 2 is 1.92 bits per heavy atom. The zero-order chi connectivity index (χ0) is 10.7. The van der Waals surface area contributed by atoms with Gasteiger partial charge in [-0.25, -0.2) is 0 Å². The van der Waals surface area contributed by atoms with Gasteiger partial charge in [0.05, 0.1) is 6.54 Å². The predicted octanol–water partition coefficient (Wildman–Crippen LogP) is -0.855. The van der Waals surface area contributed by atoms with E-state index in [9.17, 15) is 8.42 Å². The van der Waals surface area contributed by atoms with Crippen LogP contribution in [0.2, 0.25) is 0 Å². The molecule has 5 N–H and O–H groups in total. The number of hydrogen-bond acceptors (Lipinski definition) is 3. The summed E-state index contributed by atoms with van der Waals surface area (Å²) in [5.41, 5.74) is 4.45. The molecule has 0 fully saturated rings. The highest BCUT2D eigenvalue weighted by Gasteiger charge is 2.18. The van der Waals surface area contributed by atoms with Gasteiger partial charge in [-0.05, 0) is 20.8 Å². The normalized spacial score (nSPS) is 12.8. The van der Waals surface area contributed by atoms with Crippen molar-refractivity contribution in [3.63, 3.8) is 0 Å². The van der Waals surface area contributed by atoms with Crippen molar-refractivity contribution in [2.75, 3.05) is 6.54 Å². The Morgan fingerprint density at radius 3 is 2.23 bits per heavy atom. The van der Waals surface area contributed by atoms with E-state index in [1.807, 2.05) is 0 Å². The molecular formula is C6H16N4O2S. The van der Waals surface area contributed by atoms with Gasteiger partial charge in [0, 0.05) is 5.54 Å². The number of nitrogens with two attached hydrogens (primary N) is 1. The second kappa shape index (κ2) is 4.03. The van der Waals surface area contributed by atoms with Crippen molar-refractivity contribution in [1.29, 1.82) is 5.41 Å². The van der Waals surface area contributed by atoms with E-state index in [1.54, 1.807) is 20.8 Å². The molecule has 0 amide bonds. The molecule has 0 saturated carbocycles. The van der Waals surface area contributed by atoms with Gasteiger partial charge in [0.1, 0.15) is 5.84 Å². The fourth-order valence-electron chi connectivity index (χ4n) is 0.612. The van der Waals surface area contributed by atoms with E-state index in [0.717, 1.165) is 0 Å². The quantitative estimate of drug-likeness (QED) is 0.357. The highest BCUT2D eigenvalue weighted by atomic mass is 32.2. The van der Waals surface area contributed by atoms with E-state index in [2.05, 4.69) is 9.44 Å². The molecule has 0 aromatic heterocycles. The van der Waals surface area contributed by atoms with Crippen LogP contribution in [0.4, 0.5) is 0 Å². The number of amidine groups is 1. The Labute approximate surface area is 78.6 Å². The van der Waals surface area contributed by atoms with E-state index in [1.165, 1.54) is 0 Å². The molecule has 0 bridgehead atoms. The summed E-state index contributed by atoms with van der Waals surface area (Å²) in [4.78, 5) is 0. The summed E-state index contributed by atoms with van der Waals surface area (Å²) in [5.74, 6) is -0.223. The van der Waals surface area contributed by atoms with Crippen molar-refractivity contribution in [1.82, 2.24) is 9.44 Å². The molecule has 0 atom stereocenters. The third kappa shape index (κ3) is 7.69. The molecule has 0 saturated heterocycles. The lowest BCUT2D eigenvalue weighted by atomic mass is 10.1. The smallest absolute Gasteiger partial charge is 0.277 e. The Bertz CT molecular complexity index is 277. The van der Waals surface area contributed by atoms with Crippen LogP contribution in [0.3, 0.4) is 0 Å². The third-order valence-electron chi connectivity index (χ3n) is 0.893. The van der Waals surface area contributed by atoms with Crippen LogP contribution >= 0.6 is 0 Å². The van der Waals surface area contributed by atoms with Gasteiger partial charge in [0.2, 0.25) is 0 Å². The number of hydrogen-bond donors (Lipinski definition) is 4. The highest BCUT2D eigenvalue weighted by Crippen LogP contribution is 1.99.